The molecule has 3 N–H and O–H groups in total. The summed E-state index contributed by atoms with van der Waals surface area (Å²) in [6.07, 6.45) is 1.49. The van der Waals surface area contributed by atoms with Gasteiger partial charge in [0.05, 0.1) is 12.1 Å². The average molecular weight is 210 g/mol. The van der Waals surface area contributed by atoms with Gasteiger partial charge in [0.25, 0.3) is 0 Å². The Balaban J connectivity index is 2.73. The molecule has 84 valence electrons. The zero-order valence-corrected chi connectivity index (χ0v) is 9.41. The molecule has 0 radical (unpaired) electrons. The number of nitrogens with zero attached hydrogens (tertiary/aromatic N) is 2. The van der Waals surface area contributed by atoms with Crippen molar-refractivity contribution < 1.29 is 5.11 Å². The SMILES string of the molecule is CCNc1cc(NC(C)(C)CO)ncn1. The molecule has 0 saturated heterocycles. The molecule has 5 nitrogen and oxygen atoms in total. The Morgan fingerprint density at radius 2 is 2.00 bits per heavy atom. The third-order valence-corrected chi connectivity index (χ3v) is 1.89. The molecule has 0 amide bonds. The molecule has 0 aromatic carbocycles. The molecule has 1 heterocycles. The van der Waals surface area contributed by atoms with Gasteiger partial charge >= 0.3 is 0 Å². The Morgan fingerprint density at radius 1 is 1.33 bits per heavy atom. The van der Waals surface area contributed by atoms with Gasteiger partial charge in [0, 0.05) is 12.6 Å². The van der Waals surface area contributed by atoms with E-state index in [0.717, 1.165) is 12.4 Å². The fraction of sp³-hybridized carbons (Fsp3) is 0.600. The lowest BCUT2D eigenvalue weighted by Crippen LogP contribution is -2.35. The summed E-state index contributed by atoms with van der Waals surface area (Å²) in [4.78, 5) is 8.14. The number of hydrogen-bond donors (Lipinski definition) is 3. The zero-order valence-electron chi connectivity index (χ0n) is 9.41. The summed E-state index contributed by atoms with van der Waals surface area (Å²) in [6.45, 7) is 6.68. The van der Waals surface area contributed by atoms with Gasteiger partial charge in [-0.3, -0.25) is 0 Å². The molecule has 5 heteroatoms. The summed E-state index contributed by atoms with van der Waals surface area (Å²) in [7, 11) is 0. The van der Waals surface area contributed by atoms with E-state index in [9.17, 15) is 0 Å². The van der Waals surface area contributed by atoms with E-state index >= 15 is 0 Å². The van der Waals surface area contributed by atoms with Crippen molar-refractivity contribution in [1.29, 1.82) is 0 Å². The lowest BCUT2D eigenvalue weighted by molar-refractivity contribution is 0.234. The van der Waals surface area contributed by atoms with Crippen molar-refractivity contribution in [3.8, 4) is 0 Å². The number of hydrogen-bond acceptors (Lipinski definition) is 5. The van der Waals surface area contributed by atoms with Crippen molar-refractivity contribution in [2.75, 3.05) is 23.8 Å². The van der Waals surface area contributed by atoms with Crippen molar-refractivity contribution in [2.24, 2.45) is 0 Å². The van der Waals surface area contributed by atoms with Crippen LogP contribution in [0.25, 0.3) is 0 Å². The molecule has 0 bridgehead atoms. The Kier molecular flexibility index (Phi) is 3.85. The van der Waals surface area contributed by atoms with Crippen LogP contribution in [-0.2, 0) is 0 Å². The maximum atomic E-state index is 9.11. The van der Waals surface area contributed by atoms with Crippen LogP contribution >= 0.6 is 0 Å². The molecule has 0 aliphatic heterocycles. The molecule has 15 heavy (non-hydrogen) atoms. The van der Waals surface area contributed by atoms with Gasteiger partial charge in [-0.05, 0) is 20.8 Å². The minimum absolute atomic E-state index is 0.0491. The highest BCUT2D eigenvalue weighted by Crippen LogP contribution is 2.14. The number of aliphatic hydroxyl groups excluding tert-OH is 1. The standard InChI is InChI=1S/C10H18N4O/c1-4-11-8-5-9(13-7-12-8)14-10(2,3)6-15/h5,7,15H,4,6H2,1-3H3,(H2,11,12,13,14). The zero-order chi connectivity index (χ0) is 11.3. The summed E-state index contributed by atoms with van der Waals surface area (Å²) in [5, 5.41) is 15.3. The van der Waals surface area contributed by atoms with E-state index in [4.69, 9.17) is 5.11 Å². The van der Waals surface area contributed by atoms with Crippen LogP contribution in [0.5, 0.6) is 0 Å². The van der Waals surface area contributed by atoms with Crippen LogP contribution in [0.4, 0.5) is 11.6 Å². The summed E-state index contributed by atoms with van der Waals surface area (Å²) >= 11 is 0. The fourth-order valence-corrected chi connectivity index (χ4v) is 1.09. The maximum Gasteiger partial charge on any atom is 0.131 e. The van der Waals surface area contributed by atoms with Crippen LogP contribution in [0.2, 0.25) is 0 Å². The van der Waals surface area contributed by atoms with Gasteiger partial charge < -0.3 is 15.7 Å². The molecule has 0 fully saturated rings. The van der Waals surface area contributed by atoms with Gasteiger partial charge in [-0.2, -0.15) is 0 Å². The third-order valence-electron chi connectivity index (χ3n) is 1.89. The van der Waals surface area contributed by atoms with E-state index in [2.05, 4.69) is 20.6 Å². The van der Waals surface area contributed by atoms with Crippen LogP contribution in [0.1, 0.15) is 20.8 Å². The molecule has 0 spiro atoms. The van der Waals surface area contributed by atoms with E-state index in [1.807, 2.05) is 26.8 Å². The number of nitrogens with one attached hydrogen (secondary N) is 2. The highest BCUT2D eigenvalue weighted by molar-refractivity contribution is 5.47. The number of aromatic nitrogens is 2. The minimum Gasteiger partial charge on any atom is -0.394 e. The quantitative estimate of drug-likeness (QED) is 0.678. The van der Waals surface area contributed by atoms with Crippen LogP contribution < -0.4 is 10.6 Å². The van der Waals surface area contributed by atoms with Crippen LogP contribution in [0.3, 0.4) is 0 Å². The Bertz CT molecular complexity index is 314. The van der Waals surface area contributed by atoms with Gasteiger partial charge in [0.15, 0.2) is 0 Å². The normalized spacial score (nSPS) is 11.2. The van der Waals surface area contributed by atoms with E-state index < -0.39 is 0 Å². The van der Waals surface area contributed by atoms with E-state index in [1.54, 1.807) is 0 Å². The first-order valence-corrected chi connectivity index (χ1v) is 5.02. The molecule has 1 rings (SSSR count). The summed E-state index contributed by atoms with van der Waals surface area (Å²) < 4.78 is 0. The molecule has 0 aliphatic rings. The van der Waals surface area contributed by atoms with E-state index in [-0.39, 0.29) is 12.1 Å². The molecule has 1 aromatic rings. The monoisotopic (exact) mass is 210 g/mol. The average Bonchev–Trinajstić information content (AvgIpc) is 2.18. The molecule has 0 atom stereocenters. The lowest BCUT2D eigenvalue weighted by Gasteiger charge is -2.24. The Labute approximate surface area is 90.0 Å². The number of anilines is 2. The third kappa shape index (κ3) is 3.71. The summed E-state index contributed by atoms with van der Waals surface area (Å²) in [6, 6.07) is 1.82. The Hall–Kier alpha value is -1.36. The first kappa shape index (κ1) is 11.7. The second kappa shape index (κ2) is 4.93. The minimum atomic E-state index is -0.377. The predicted octanol–water partition coefficient (Wildman–Crippen LogP) is 1.09. The molecule has 0 saturated carbocycles. The van der Waals surface area contributed by atoms with Crippen molar-refractivity contribution in [1.82, 2.24) is 9.97 Å². The summed E-state index contributed by atoms with van der Waals surface area (Å²) in [5.74, 6) is 1.49. The van der Waals surface area contributed by atoms with Crippen molar-refractivity contribution >= 4 is 11.6 Å². The lowest BCUT2D eigenvalue weighted by atomic mass is 10.1. The smallest absolute Gasteiger partial charge is 0.131 e. The van der Waals surface area contributed by atoms with Gasteiger partial charge in [-0.15, -0.1) is 0 Å². The van der Waals surface area contributed by atoms with Gasteiger partial charge in [-0.1, -0.05) is 0 Å². The second-order valence-corrected chi connectivity index (χ2v) is 3.99. The van der Waals surface area contributed by atoms with Gasteiger partial charge in [0.1, 0.15) is 18.0 Å². The fourth-order valence-electron chi connectivity index (χ4n) is 1.09. The van der Waals surface area contributed by atoms with Crippen LogP contribution in [-0.4, -0.2) is 33.8 Å². The molecule has 0 unspecified atom stereocenters. The molecular weight excluding hydrogens is 192 g/mol. The van der Waals surface area contributed by atoms with Crippen molar-refractivity contribution in [3.63, 3.8) is 0 Å². The van der Waals surface area contributed by atoms with Gasteiger partial charge in [0.2, 0.25) is 0 Å². The number of aliphatic hydroxyl groups is 1. The first-order chi connectivity index (χ1) is 7.07. The first-order valence-electron chi connectivity index (χ1n) is 5.02. The number of rotatable bonds is 5. The molecular formula is C10H18N4O. The van der Waals surface area contributed by atoms with Gasteiger partial charge in [-0.25, -0.2) is 9.97 Å². The highest BCUT2D eigenvalue weighted by Gasteiger charge is 2.16. The Morgan fingerprint density at radius 3 is 2.60 bits per heavy atom. The summed E-state index contributed by atoms with van der Waals surface area (Å²) in [5.41, 5.74) is -0.377. The highest BCUT2D eigenvalue weighted by atomic mass is 16.3. The molecule has 0 aliphatic carbocycles. The largest absolute Gasteiger partial charge is 0.394 e. The molecule has 1 aromatic heterocycles. The van der Waals surface area contributed by atoms with Crippen LogP contribution in [0, 0.1) is 0 Å². The van der Waals surface area contributed by atoms with Crippen molar-refractivity contribution in [2.45, 2.75) is 26.3 Å². The van der Waals surface area contributed by atoms with Crippen LogP contribution in [0.15, 0.2) is 12.4 Å². The van der Waals surface area contributed by atoms with Crippen molar-refractivity contribution in [3.05, 3.63) is 12.4 Å². The van der Waals surface area contributed by atoms with E-state index in [1.165, 1.54) is 6.33 Å². The predicted molar refractivity (Wildman–Crippen MR) is 61.0 cm³/mol. The topological polar surface area (TPSA) is 70.1 Å². The van der Waals surface area contributed by atoms with E-state index in [0.29, 0.717) is 5.82 Å². The second-order valence-electron chi connectivity index (χ2n) is 3.99. The maximum absolute atomic E-state index is 9.11.